The Hall–Kier alpha value is -0.300. The van der Waals surface area contributed by atoms with Crippen molar-refractivity contribution in [2.75, 3.05) is 0 Å². The molecular formula is C17H29N. The van der Waals surface area contributed by atoms with E-state index in [-0.39, 0.29) is 0 Å². The summed E-state index contributed by atoms with van der Waals surface area (Å²) in [5.41, 5.74) is 0. The van der Waals surface area contributed by atoms with Crippen LogP contribution >= 0.6 is 0 Å². The van der Waals surface area contributed by atoms with Crippen LogP contribution in [0.5, 0.6) is 0 Å². The minimum Gasteiger partial charge on any atom is -0.311 e. The summed E-state index contributed by atoms with van der Waals surface area (Å²) in [5.74, 6) is 4.55. The van der Waals surface area contributed by atoms with Crippen molar-refractivity contribution in [3.63, 3.8) is 0 Å². The van der Waals surface area contributed by atoms with Crippen LogP contribution in [0.25, 0.3) is 0 Å². The molecule has 2 fully saturated rings. The quantitative estimate of drug-likeness (QED) is 0.740. The zero-order chi connectivity index (χ0) is 12.7. The van der Waals surface area contributed by atoms with Crippen molar-refractivity contribution < 1.29 is 0 Å². The van der Waals surface area contributed by atoms with Gasteiger partial charge in [-0.15, -0.1) is 0 Å². The van der Waals surface area contributed by atoms with E-state index in [9.17, 15) is 0 Å². The van der Waals surface area contributed by atoms with Gasteiger partial charge in [-0.05, 0) is 62.2 Å². The van der Waals surface area contributed by atoms with Gasteiger partial charge in [0.2, 0.25) is 0 Å². The number of rotatable bonds is 4. The fraction of sp³-hybridized carbons (Fsp3) is 0.882. The van der Waals surface area contributed by atoms with Crippen LogP contribution < -0.4 is 5.32 Å². The fourth-order valence-electron chi connectivity index (χ4n) is 4.92. The average Bonchev–Trinajstić information content (AvgIpc) is 3.06. The summed E-state index contributed by atoms with van der Waals surface area (Å²) in [7, 11) is 0. The van der Waals surface area contributed by atoms with Crippen LogP contribution in [0.2, 0.25) is 0 Å². The second-order valence-electron chi connectivity index (χ2n) is 7.11. The molecule has 18 heavy (non-hydrogen) atoms. The monoisotopic (exact) mass is 247 g/mol. The van der Waals surface area contributed by atoms with Crippen molar-refractivity contribution in [2.45, 2.75) is 65.0 Å². The van der Waals surface area contributed by atoms with Crippen molar-refractivity contribution in [3.05, 3.63) is 12.2 Å². The molecule has 0 spiro atoms. The highest BCUT2D eigenvalue weighted by Gasteiger charge is 2.40. The maximum absolute atomic E-state index is 3.99. The topological polar surface area (TPSA) is 12.0 Å². The Labute approximate surface area is 112 Å². The highest BCUT2D eigenvalue weighted by molar-refractivity contribution is 5.12. The second-order valence-corrected chi connectivity index (χ2v) is 7.11. The second kappa shape index (κ2) is 5.00. The fourth-order valence-corrected chi connectivity index (χ4v) is 4.92. The lowest BCUT2D eigenvalue weighted by atomic mass is 9.86. The van der Waals surface area contributed by atoms with Crippen molar-refractivity contribution in [3.8, 4) is 0 Å². The van der Waals surface area contributed by atoms with Crippen LogP contribution in [-0.2, 0) is 0 Å². The molecule has 0 radical (unpaired) electrons. The maximum Gasteiger partial charge on any atom is 0.00980 e. The van der Waals surface area contributed by atoms with Crippen LogP contribution in [0.4, 0.5) is 0 Å². The molecule has 0 aromatic carbocycles. The van der Waals surface area contributed by atoms with E-state index in [2.05, 4.69) is 38.2 Å². The predicted molar refractivity (Wildman–Crippen MR) is 77.4 cm³/mol. The Morgan fingerprint density at radius 2 is 2.06 bits per heavy atom. The predicted octanol–water partition coefficient (Wildman–Crippen LogP) is 4.00. The van der Waals surface area contributed by atoms with Crippen LogP contribution in [0.15, 0.2) is 12.2 Å². The van der Waals surface area contributed by atoms with Gasteiger partial charge in [-0.3, -0.25) is 0 Å². The Morgan fingerprint density at radius 1 is 1.22 bits per heavy atom. The van der Waals surface area contributed by atoms with E-state index in [1.165, 1.54) is 32.1 Å². The zero-order valence-electron chi connectivity index (χ0n) is 12.2. The lowest BCUT2D eigenvalue weighted by molar-refractivity contribution is 0.263. The van der Waals surface area contributed by atoms with Crippen molar-refractivity contribution in [1.29, 1.82) is 0 Å². The van der Waals surface area contributed by atoms with Gasteiger partial charge >= 0.3 is 0 Å². The van der Waals surface area contributed by atoms with E-state index in [0.717, 1.165) is 35.6 Å². The Bertz CT molecular complexity index is 322. The first-order valence-corrected chi connectivity index (χ1v) is 8.13. The van der Waals surface area contributed by atoms with Gasteiger partial charge in [-0.2, -0.15) is 0 Å². The largest absolute Gasteiger partial charge is 0.311 e. The molecule has 3 aliphatic rings. The van der Waals surface area contributed by atoms with E-state index in [1.54, 1.807) is 0 Å². The highest BCUT2D eigenvalue weighted by atomic mass is 15.0. The summed E-state index contributed by atoms with van der Waals surface area (Å²) in [6.45, 7) is 7.26. The summed E-state index contributed by atoms with van der Waals surface area (Å²) < 4.78 is 0. The number of fused-ring (bicyclic) bond motifs is 2. The van der Waals surface area contributed by atoms with E-state index in [1.807, 2.05) is 0 Å². The van der Waals surface area contributed by atoms with E-state index < -0.39 is 0 Å². The summed E-state index contributed by atoms with van der Waals surface area (Å²) in [4.78, 5) is 0. The molecule has 0 saturated heterocycles. The Kier molecular flexibility index (Phi) is 3.53. The first kappa shape index (κ1) is 12.7. The van der Waals surface area contributed by atoms with E-state index in [0.29, 0.717) is 6.04 Å². The lowest BCUT2D eigenvalue weighted by Crippen LogP contribution is -2.43. The average molecular weight is 247 g/mol. The molecule has 1 nitrogen and oxygen atoms in total. The molecule has 7 atom stereocenters. The third-order valence-corrected chi connectivity index (χ3v) is 6.20. The minimum absolute atomic E-state index is 0.716. The first-order valence-electron chi connectivity index (χ1n) is 8.13. The molecule has 0 amide bonds. The number of allylic oxidation sites excluding steroid dienone is 2. The molecule has 0 heterocycles. The van der Waals surface area contributed by atoms with E-state index >= 15 is 0 Å². The smallest absolute Gasteiger partial charge is 0.00980 e. The summed E-state index contributed by atoms with van der Waals surface area (Å²) in [5, 5.41) is 3.99. The highest BCUT2D eigenvalue weighted by Crippen LogP contribution is 2.45. The van der Waals surface area contributed by atoms with Crippen LogP contribution in [0.1, 0.15) is 52.9 Å². The number of nitrogens with one attached hydrogen (secondary N) is 1. The molecule has 1 heteroatoms. The Morgan fingerprint density at radius 3 is 2.61 bits per heavy atom. The lowest BCUT2D eigenvalue weighted by Gasteiger charge is -2.31. The van der Waals surface area contributed by atoms with Crippen molar-refractivity contribution >= 4 is 0 Å². The van der Waals surface area contributed by atoms with Gasteiger partial charge in [0.05, 0.1) is 0 Å². The molecule has 3 rings (SSSR count). The molecule has 0 aromatic heterocycles. The molecule has 2 bridgehead atoms. The third-order valence-electron chi connectivity index (χ3n) is 6.20. The summed E-state index contributed by atoms with van der Waals surface area (Å²) in [6, 6.07) is 1.50. The molecule has 102 valence electrons. The normalized spacial score (nSPS) is 47.9. The van der Waals surface area contributed by atoms with Crippen LogP contribution in [0.3, 0.4) is 0 Å². The van der Waals surface area contributed by atoms with Crippen LogP contribution in [-0.4, -0.2) is 12.1 Å². The van der Waals surface area contributed by atoms with Gasteiger partial charge < -0.3 is 5.32 Å². The molecule has 2 saturated carbocycles. The SMILES string of the molecule is CCC1CCC(NC(C)C2CC3C=CC2C3)C1C. The van der Waals surface area contributed by atoms with Gasteiger partial charge in [0.1, 0.15) is 0 Å². The summed E-state index contributed by atoms with van der Waals surface area (Å²) >= 11 is 0. The standard InChI is InChI=1S/C17H29N/c1-4-14-7-8-17(11(14)2)18-12(3)16-10-13-5-6-15(16)9-13/h5-6,11-18H,4,7-10H2,1-3H3. The van der Waals surface area contributed by atoms with Gasteiger partial charge in [0.25, 0.3) is 0 Å². The number of hydrogen-bond acceptors (Lipinski definition) is 1. The zero-order valence-corrected chi connectivity index (χ0v) is 12.2. The van der Waals surface area contributed by atoms with E-state index in [4.69, 9.17) is 0 Å². The molecule has 1 N–H and O–H groups in total. The van der Waals surface area contributed by atoms with Crippen molar-refractivity contribution in [2.24, 2.45) is 29.6 Å². The third kappa shape index (κ3) is 2.15. The van der Waals surface area contributed by atoms with Crippen LogP contribution in [0, 0.1) is 29.6 Å². The molecular weight excluding hydrogens is 218 g/mol. The minimum atomic E-state index is 0.716. The van der Waals surface area contributed by atoms with Gasteiger partial charge in [0, 0.05) is 12.1 Å². The Balaban J connectivity index is 1.55. The first-order chi connectivity index (χ1) is 8.69. The maximum atomic E-state index is 3.99. The van der Waals surface area contributed by atoms with Gasteiger partial charge in [-0.25, -0.2) is 0 Å². The molecule has 7 unspecified atom stereocenters. The summed E-state index contributed by atoms with van der Waals surface area (Å²) in [6.07, 6.45) is 12.0. The van der Waals surface area contributed by atoms with Gasteiger partial charge in [0.15, 0.2) is 0 Å². The number of hydrogen-bond donors (Lipinski definition) is 1. The molecule has 0 aliphatic heterocycles. The van der Waals surface area contributed by atoms with Crippen molar-refractivity contribution in [1.82, 2.24) is 5.32 Å². The van der Waals surface area contributed by atoms with Gasteiger partial charge in [-0.1, -0.05) is 32.4 Å². The molecule has 3 aliphatic carbocycles. The molecule has 0 aromatic rings.